The zero-order chi connectivity index (χ0) is 10.2. The molecule has 1 radical (unpaired) electrons. The van der Waals surface area contributed by atoms with Crippen molar-refractivity contribution >= 4 is 0 Å². The second-order valence-corrected chi connectivity index (χ2v) is 3.47. The fourth-order valence-corrected chi connectivity index (χ4v) is 1.40. The maximum Gasteiger partial charge on any atom is 0.118 e. The Morgan fingerprint density at radius 1 is 1.14 bits per heavy atom. The lowest BCUT2D eigenvalue weighted by Crippen LogP contribution is -1.85. The smallest absolute Gasteiger partial charge is 0.118 e. The van der Waals surface area contributed by atoms with Crippen LogP contribution in [0.4, 0.5) is 0 Å². The van der Waals surface area contributed by atoms with Gasteiger partial charge in [0.1, 0.15) is 5.75 Å². The van der Waals surface area contributed by atoms with Gasteiger partial charge in [-0.05, 0) is 30.5 Å². The molecule has 1 aromatic rings. The molecular formula is C13H19O. The van der Waals surface area contributed by atoms with Crippen LogP contribution in [0.3, 0.4) is 0 Å². The molecule has 0 fully saturated rings. The molecule has 0 amide bonds. The molecule has 77 valence electrons. The van der Waals surface area contributed by atoms with Crippen LogP contribution in [0, 0.1) is 6.42 Å². The van der Waals surface area contributed by atoms with E-state index in [9.17, 15) is 0 Å². The maximum atomic E-state index is 5.10. The van der Waals surface area contributed by atoms with Gasteiger partial charge in [0.2, 0.25) is 0 Å². The number of rotatable bonds is 6. The first-order chi connectivity index (χ1) is 6.86. The van der Waals surface area contributed by atoms with Crippen LogP contribution in [0.25, 0.3) is 0 Å². The molecule has 14 heavy (non-hydrogen) atoms. The molecule has 0 unspecified atom stereocenters. The Hall–Kier alpha value is -0.980. The summed E-state index contributed by atoms with van der Waals surface area (Å²) >= 11 is 0. The minimum Gasteiger partial charge on any atom is -0.497 e. The van der Waals surface area contributed by atoms with Crippen molar-refractivity contribution in [2.75, 3.05) is 7.11 Å². The first-order valence-electron chi connectivity index (χ1n) is 5.34. The Balaban J connectivity index is 2.29. The molecule has 1 heteroatoms. The molecule has 0 bridgehead atoms. The largest absolute Gasteiger partial charge is 0.497 e. The summed E-state index contributed by atoms with van der Waals surface area (Å²) in [5.74, 6) is 0.927. The molecule has 0 N–H and O–H groups in total. The fourth-order valence-electron chi connectivity index (χ4n) is 1.40. The lowest BCUT2D eigenvalue weighted by Gasteiger charge is -2.02. The van der Waals surface area contributed by atoms with E-state index in [4.69, 9.17) is 4.74 Å². The zero-order valence-corrected chi connectivity index (χ0v) is 9.12. The van der Waals surface area contributed by atoms with E-state index >= 15 is 0 Å². The number of ether oxygens (including phenoxy) is 1. The van der Waals surface area contributed by atoms with Gasteiger partial charge in [-0.25, -0.2) is 0 Å². The van der Waals surface area contributed by atoms with Crippen LogP contribution >= 0.6 is 0 Å². The van der Waals surface area contributed by atoms with Crippen molar-refractivity contribution in [3.05, 3.63) is 36.2 Å². The van der Waals surface area contributed by atoms with E-state index in [0.29, 0.717) is 0 Å². The predicted molar refractivity (Wildman–Crippen MR) is 60.5 cm³/mol. The van der Waals surface area contributed by atoms with E-state index < -0.39 is 0 Å². The van der Waals surface area contributed by atoms with Gasteiger partial charge in [-0.3, -0.25) is 0 Å². The molecule has 1 nitrogen and oxygen atoms in total. The van der Waals surface area contributed by atoms with Crippen LogP contribution in [-0.2, 0) is 0 Å². The average molecular weight is 191 g/mol. The summed E-state index contributed by atoms with van der Waals surface area (Å²) in [5, 5.41) is 0. The highest BCUT2D eigenvalue weighted by atomic mass is 16.5. The summed E-state index contributed by atoms with van der Waals surface area (Å²) < 4.78 is 5.10. The third kappa shape index (κ3) is 3.82. The van der Waals surface area contributed by atoms with E-state index in [0.717, 1.165) is 5.75 Å². The van der Waals surface area contributed by atoms with Gasteiger partial charge in [0.15, 0.2) is 0 Å². The number of unbranched alkanes of at least 4 members (excludes halogenated alkanes) is 3. The molecular weight excluding hydrogens is 172 g/mol. The summed E-state index contributed by atoms with van der Waals surface area (Å²) in [7, 11) is 1.69. The molecule has 0 saturated heterocycles. The van der Waals surface area contributed by atoms with Crippen LogP contribution in [-0.4, -0.2) is 7.11 Å². The summed E-state index contributed by atoms with van der Waals surface area (Å²) in [6.07, 6.45) is 7.38. The molecule has 0 aliphatic carbocycles. The van der Waals surface area contributed by atoms with Crippen molar-refractivity contribution in [1.82, 2.24) is 0 Å². The average Bonchev–Trinajstić information content (AvgIpc) is 2.25. The fraction of sp³-hybridized carbons (Fsp3) is 0.462. The van der Waals surface area contributed by atoms with Gasteiger partial charge in [-0.2, -0.15) is 0 Å². The zero-order valence-electron chi connectivity index (χ0n) is 9.12. The van der Waals surface area contributed by atoms with Crippen molar-refractivity contribution in [3.8, 4) is 5.75 Å². The normalized spacial score (nSPS) is 10.1. The monoisotopic (exact) mass is 191 g/mol. The standard InChI is InChI=1S/C13H19O/c1-3-4-5-6-7-12-8-10-13(14-2)11-9-12/h7-11H,3-6H2,1-2H3. The Morgan fingerprint density at radius 2 is 1.86 bits per heavy atom. The second-order valence-electron chi connectivity index (χ2n) is 3.47. The topological polar surface area (TPSA) is 9.23 Å². The predicted octanol–water partition coefficient (Wildman–Crippen LogP) is 3.83. The molecule has 0 heterocycles. The number of methoxy groups -OCH3 is 1. The molecule has 1 rings (SSSR count). The third-order valence-corrected chi connectivity index (χ3v) is 2.30. The van der Waals surface area contributed by atoms with E-state index in [1.165, 1.54) is 31.2 Å². The second kappa shape index (κ2) is 6.47. The minimum absolute atomic E-state index is 0.927. The van der Waals surface area contributed by atoms with Crippen molar-refractivity contribution in [3.63, 3.8) is 0 Å². The first-order valence-corrected chi connectivity index (χ1v) is 5.34. The molecule has 0 saturated carbocycles. The first kappa shape index (κ1) is 11.1. The van der Waals surface area contributed by atoms with Crippen LogP contribution in [0.1, 0.15) is 38.2 Å². The summed E-state index contributed by atoms with van der Waals surface area (Å²) in [4.78, 5) is 0. The maximum absolute atomic E-state index is 5.10. The van der Waals surface area contributed by atoms with Crippen LogP contribution in [0.5, 0.6) is 5.75 Å². The minimum atomic E-state index is 0.927. The van der Waals surface area contributed by atoms with Gasteiger partial charge in [0.05, 0.1) is 7.11 Å². The molecule has 0 aliphatic rings. The van der Waals surface area contributed by atoms with E-state index in [2.05, 4.69) is 25.5 Å². The Labute approximate surface area is 87.1 Å². The number of benzene rings is 1. The molecule has 0 aromatic heterocycles. The van der Waals surface area contributed by atoms with E-state index in [1.807, 2.05) is 12.1 Å². The highest BCUT2D eigenvalue weighted by Gasteiger charge is 1.94. The van der Waals surface area contributed by atoms with Gasteiger partial charge in [0.25, 0.3) is 0 Å². The highest BCUT2D eigenvalue weighted by Crippen LogP contribution is 2.15. The summed E-state index contributed by atoms with van der Waals surface area (Å²) in [6, 6.07) is 8.22. The Morgan fingerprint density at radius 3 is 2.43 bits per heavy atom. The van der Waals surface area contributed by atoms with E-state index in [1.54, 1.807) is 7.11 Å². The Kier molecular flexibility index (Phi) is 5.13. The van der Waals surface area contributed by atoms with Crippen molar-refractivity contribution in [2.24, 2.45) is 0 Å². The third-order valence-electron chi connectivity index (χ3n) is 2.30. The van der Waals surface area contributed by atoms with Crippen LogP contribution < -0.4 is 4.74 Å². The van der Waals surface area contributed by atoms with Gasteiger partial charge in [-0.15, -0.1) is 0 Å². The molecule has 1 aromatic carbocycles. The van der Waals surface area contributed by atoms with Gasteiger partial charge < -0.3 is 4.74 Å². The van der Waals surface area contributed by atoms with Crippen molar-refractivity contribution < 1.29 is 4.74 Å². The summed E-state index contributed by atoms with van der Waals surface area (Å²) in [6.45, 7) is 2.23. The highest BCUT2D eigenvalue weighted by molar-refractivity contribution is 5.30. The van der Waals surface area contributed by atoms with Gasteiger partial charge >= 0.3 is 0 Å². The lowest BCUT2D eigenvalue weighted by molar-refractivity contribution is 0.414. The van der Waals surface area contributed by atoms with E-state index in [-0.39, 0.29) is 0 Å². The number of hydrogen-bond acceptors (Lipinski definition) is 1. The summed E-state index contributed by atoms with van der Waals surface area (Å²) in [5.41, 5.74) is 1.29. The van der Waals surface area contributed by atoms with Crippen LogP contribution in [0.2, 0.25) is 0 Å². The SMILES string of the molecule is CCCCC[CH]c1ccc(OC)cc1. The van der Waals surface area contributed by atoms with Crippen molar-refractivity contribution in [1.29, 1.82) is 0 Å². The van der Waals surface area contributed by atoms with Gasteiger partial charge in [-0.1, -0.05) is 38.3 Å². The quantitative estimate of drug-likeness (QED) is 0.621. The molecule has 0 spiro atoms. The van der Waals surface area contributed by atoms with Crippen LogP contribution in [0.15, 0.2) is 24.3 Å². The Bertz CT molecular complexity index is 238. The lowest BCUT2D eigenvalue weighted by atomic mass is 10.1. The number of hydrogen-bond donors (Lipinski definition) is 0. The van der Waals surface area contributed by atoms with Gasteiger partial charge in [0, 0.05) is 0 Å². The van der Waals surface area contributed by atoms with Crippen molar-refractivity contribution in [2.45, 2.75) is 32.6 Å². The molecule has 0 atom stereocenters. The molecule has 0 aliphatic heterocycles.